The normalized spacial score (nSPS) is 25.3. The van der Waals surface area contributed by atoms with Crippen molar-refractivity contribution in [1.29, 1.82) is 0 Å². The summed E-state index contributed by atoms with van der Waals surface area (Å²) in [5, 5.41) is 3.29. The fraction of sp³-hybridized carbons (Fsp3) is 0.846. The molecule has 2 fully saturated rings. The Balaban J connectivity index is 1.77. The Kier molecular flexibility index (Phi) is 5.15. The van der Waals surface area contributed by atoms with E-state index < -0.39 is 0 Å². The van der Waals surface area contributed by atoms with Crippen molar-refractivity contribution in [3.05, 3.63) is 0 Å². The number of rotatable bonds is 4. The number of hydrogen-bond donors (Lipinski definition) is 2. The van der Waals surface area contributed by atoms with Crippen LogP contribution in [0.25, 0.3) is 0 Å². The van der Waals surface area contributed by atoms with Gasteiger partial charge in [-0.3, -0.25) is 14.5 Å². The van der Waals surface area contributed by atoms with E-state index in [4.69, 9.17) is 5.73 Å². The maximum Gasteiger partial charge on any atom is 0.231 e. The molecule has 2 amide bonds. The second-order valence-electron chi connectivity index (χ2n) is 5.54. The standard InChI is InChI=1S/C13H24N4O2/c14-12(18)10-16-4-1-5-17(7-6-16)13(19)8-11-2-3-15-9-11/h11,15H,1-10H2,(H2,14,18). The van der Waals surface area contributed by atoms with E-state index in [1.165, 1.54) is 0 Å². The number of carbonyl (C=O) groups excluding carboxylic acids is 2. The molecular formula is C13H24N4O2. The van der Waals surface area contributed by atoms with Crippen LogP contribution in [-0.4, -0.2) is 67.4 Å². The molecule has 1 atom stereocenters. The second-order valence-corrected chi connectivity index (χ2v) is 5.54. The van der Waals surface area contributed by atoms with Crippen LogP contribution in [0.1, 0.15) is 19.3 Å². The van der Waals surface area contributed by atoms with Gasteiger partial charge < -0.3 is 16.0 Å². The van der Waals surface area contributed by atoms with E-state index in [0.29, 0.717) is 25.4 Å². The topological polar surface area (TPSA) is 78.7 Å². The third-order valence-corrected chi connectivity index (χ3v) is 3.95. The fourth-order valence-electron chi connectivity index (χ4n) is 2.86. The first kappa shape index (κ1) is 14.3. The summed E-state index contributed by atoms with van der Waals surface area (Å²) in [6, 6.07) is 0. The number of carbonyl (C=O) groups is 2. The average molecular weight is 268 g/mol. The van der Waals surface area contributed by atoms with E-state index in [-0.39, 0.29) is 11.8 Å². The Morgan fingerprint density at radius 2 is 2.05 bits per heavy atom. The Morgan fingerprint density at radius 3 is 2.74 bits per heavy atom. The van der Waals surface area contributed by atoms with Gasteiger partial charge in [-0.25, -0.2) is 0 Å². The molecule has 0 aromatic heterocycles. The summed E-state index contributed by atoms with van der Waals surface area (Å²) in [7, 11) is 0. The van der Waals surface area contributed by atoms with Crippen LogP contribution >= 0.6 is 0 Å². The third kappa shape index (κ3) is 4.47. The average Bonchev–Trinajstić information content (AvgIpc) is 2.74. The van der Waals surface area contributed by atoms with Gasteiger partial charge in [-0.15, -0.1) is 0 Å². The first-order chi connectivity index (χ1) is 9.15. The number of hydrogen-bond acceptors (Lipinski definition) is 4. The Hall–Kier alpha value is -1.14. The minimum atomic E-state index is -0.295. The molecule has 19 heavy (non-hydrogen) atoms. The molecular weight excluding hydrogens is 244 g/mol. The summed E-state index contributed by atoms with van der Waals surface area (Å²) < 4.78 is 0. The van der Waals surface area contributed by atoms with Gasteiger partial charge in [0.15, 0.2) is 0 Å². The van der Waals surface area contributed by atoms with Gasteiger partial charge in [0.1, 0.15) is 0 Å². The van der Waals surface area contributed by atoms with Gasteiger partial charge in [0.25, 0.3) is 0 Å². The van der Waals surface area contributed by atoms with Gasteiger partial charge in [-0.1, -0.05) is 0 Å². The van der Waals surface area contributed by atoms with Gasteiger partial charge in [0.05, 0.1) is 6.54 Å². The Morgan fingerprint density at radius 1 is 1.21 bits per heavy atom. The quantitative estimate of drug-likeness (QED) is 0.686. The first-order valence-electron chi connectivity index (χ1n) is 7.14. The molecule has 108 valence electrons. The van der Waals surface area contributed by atoms with Crippen LogP contribution in [0.4, 0.5) is 0 Å². The van der Waals surface area contributed by atoms with E-state index in [9.17, 15) is 9.59 Å². The van der Waals surface area contributed by atoms with Crippen molar-refractivity contribution in [3.8, 4) is 0 Å². The Bertz CT molecular complexity index is 329. The smallest absolute Gasteiger partial charge is 0.231 e. The largest absolute Gasteiger partial charge is 0.369 e. The molecule has 0 aliphatic carbocycles. The maximum atomic E-state index is 12.2. The summed E-state index contributed by atoms with van der Waals surface area (Å²) in [4.78, 5) is 27.1. The van der Waals surface area contributed by atoms with Crippen LogP contribution in [0.3, 0.4) is 0 Å². The zero-order valence-corrected chi connectivity index (χ0v) is 11.4. The molecule has 0 aromatic carbocycles. The zero-order valence-electron chi connectivity index (χ0n) is 11.4. The van der Waals surface area contributed by atoms with E-state index in [1.54, 1.807) is 0 Å². The van der Waals surface area contributed by atoms with Gasteiger partial charge in [-0.2, -0.15) is 0 Å². The highest BCUT2D eigenvalue weighted by Gasteiger charge is 2.24. The molecule has 0 spiro atoms. The van der Waals surface area contributed by atoms with Gasteiger partial charge in [-0.05, 0) is 31.8 Å². The van der Waals surface area contributed by atoms with E-state index >= 15 is 0 Å². The molecule has 0 aromatic rings. The van der Waals surface area contributed by atoms with Crippen LogP contribution in [0, 0.1) is 5.92 Å². The summed E-state index contributed by atoms with van der Waals surface area (Å²) in [6.07, 6.45) is 2.68. The number of nitrogens with one attached hydrogen (secondary N) is 1. The maximum absolute atomic E-state index is 12.2. The lowest BCUT2D eigenvalue weighted by atomic mass is 10.0. The van der Waals surface area contributed by atoms with Crippen molar-refractivity contribution >= 4 is 11.8 Å². The molecule has 2 saturated heterocycles. The molecule has 2 heterocycles. The Labute approximate surface area is 114 Å². The predicted octanol–water partition coefficient (Wildman–Crippen LogP) is -0.994. The van der Waals surface area contributed by atoms with Crippen molar-refractivity contribution < 1.29 is 9.59 Å². The molecule has 0 radical (unpaired) electrons. The number of nitrogens with zero attached hydrogens (tertiary/aromatic N) is 2. The van der Waals surface area contributed by atoms with Crippen molar-refractivity contribution in [1.82, 2.24) is 15.1 Å². The first-order valence-corrected chi connectivity index (χ1v) is 7.14. The highest BCUT2D eigenvalue weighted by molar-refractivity contribution is 5.77. The summed E-state index contributed by atoms with van der Waals surface area (Å²) in [5.74, 6) is 0.462. The van der Waals surface area contributed by atoms with Crippen LogP contribution in [-0.2, 0) is 9.59 Å². The predicted molar refractivity (Wildman–Crippen MR) is 72.4 cm³/mol. The zero-order chi connectivity index (χ0) is 13.7. The molecule has 6 heteroatoms. The molecule has 2 aliphatic heterocycles. The monoisotopic (exact) mass is 268 g/mol. The highest BCUT2D eigenvalue weighted by atomic mass is 16.2. The summed E-state index contributed by atoms with van der Waals surface area (Å²) >= 11 is 0. The molecule has 1 unspecified atom stereocenters. The number of primary amides is 1. The molecule has 6 nitrogen and oxygen atoms in total. The third-order valence-electron chi connectivity index (χ3n) is 3.95. The fourth-order valence-corrected chi connectivity index (χ4v) is 2.86. The van der Waals surface area contributed by atoms with Gasteiger partial charge in [0.2, 0.25) is 11.8 Å². The van der Waals surface area contributed by atoms with Crippen molar-refractivity contribution in [2.45, 2.75) is 19.3 Å². The lowest BCUT2D eigenvalue weighted by Gasteiger charge is -2.22. The number of nitrogens with two attached hydrogens (primary N) is 1. The van der Waals surface area contributed by atoms with E-state index in [0.717, 1.165) is 45.6 Å². The van der Waals surface area contributed by atoms with Crippen LogP contribution < -0.4 is 11.1 Å². The summed E-state index contributed by atoms with van der Waals surface area (Å²) in [6.45, 7) is 5.40. The summed E-state index contributed by atoms with van der Waals surface area (Å²) in [5.41, 5.74) is 5.21. The van der Waals surface area contributed by atoms with E-state index in [2.05, 4.69) is 5.32 Å². The van der Waals surface area contributed by atoms with Crippen molar-refractivity contribution in [3.63, 3.8) is 0 Å². The second kappa shape index (κ2) is 6.86. The number of amides is 2. The van der Waals surface area contributed by atoms with E-state index in [1.807, 2.05) is 9.80 Å². The molecule has 0 bridgehead atoms. The van der Waals surface area contributed by atoms with Crippen LogP contribution in [0.5, 0.6) is 0 Å². The molecule has 0 saturated carbocycles. The molecule has 2 aliphatic rings. The lowest BCUT2D eigenvalue weighted by molar-refractivity contribution is -0.131. The minimum absolute atomic E-state index is 0.259. The van der Waals surface area contributed by atoms with Crippen LogP contribution in [0.15, 0.2) is 0 Å². The van der Waals surface area contributed by atoms with Gasteiger partial charge in [0, 0.05) is 32.6 Å². The lowest BCUT2D eigenvalue weighted by Crippen LogP contribution is -2.38. The molecule has 2 rings (SSSR count). The highest BCUT2D eigenvalue weighted by Crippen LogP contribution is 2.15. The van der Waals surface area contributed by atoms with Gasteiger partial charge >= 0.3 is 0 Å². The molecule has 3 N–H and O–H groups in total. The SMILES string of the molecule is NC(=O)CN1CCCN(C(=O)CC2CCNC2)CC1. The van der Waals surface area contributed by atoms with Crippen molar-refractivity contribution in [2.24, 2.45) is 11.7 Å². The van der Waals surface area contributed by atoms with Crippen LogP contribution in [0.2, 0.25) is 0 Å². The minimum Gasteiger partial charge on any atom is -0.369 e. The van der Waals surface area contributed by atoms with Crippen molar-refractivity contribution in [2.75, 3.05) is 45.8 Å².